The van der Waals surface area contributed by atoms with Gasteiger partial charge in [-0.1, -0.05) is 39.5 Å². The highest BCUT2D eigenvalue weighted by Gasteiger charge is 2.18. The van der Waals surface area contributed by atoms with Crippen molar-refractivity contribution >= 4 is 5.91 Å². The molecule has 0 radical (unpaired) electrons. The molecule has 1 aliphatic carbocycles. The van der Waals surface area contributed by atoms with Crippen molar-refractivity contribution in [2.24, 2.45) is 5.92 Å². The number of hydrogen-bond donors (Lipinski definition) is 1. The molecule has 124 valence electrons. The Balaban J connectivity index is 1.97. The minimum Gasteiger partial charge on any atom is -0.353 e. The fourth-order valence-corrected chi connectivity index (χ4v) is 3.38. The molecule has 22 heavy (non-hydrogen) atoms. The molecule has 1 N–H and O–H groups in total. The van der Waals surface area contributed by atoms with Crippen molar-refractivity contribution in [2.75, 3.05) is 0 Å². The van der Waals surface area contributed by atoms with Gasteiger partial charge in [-0.3, -0.25) is 9.48 Å². The molecule has 1 fully saturated rings. The zero-order chi connectivity index (χ0) is 16.1. The third-order valence-electron chi connectivity index (χ3n) is 4.63. The van der Waals surface area contributed by atoms with Crippen molar-refractivity contribution in [2.45, 2.75) is 85.2 Å². The Morgan fingerprint density at radius 3 is 2.45 bits per heavy atom. The first kappa shape index (κ1) is 17.0. The monoisotopic (exact) mass is 305 g/mol. The number of nitrogens with one attached hydrogen (secondary N) is 1. The Morgan fingerprint density at radius 2 is 1.86 bits per heavy atom. The zero-order valence-corrected chi connectivity index (χ0v) is 14.6. The van der Waals surface area contributed by atoms with Crippen LogP contribution in [0.3, 0.4) is 0 Å². The first-order chi connectivity index (χ1) is 10.5. The Morgan fingerprint density at radius 1 is 1.23 bits per heavy atom. The normalized spacial score (nSPS) is 16.8. The Labute approximate surface area is 134 Å². The summed E-state index contributed by atoms with van der Waals surface area (Å²) in [5.41, 5.74) is 3.24. The van der Waals surface area contributed by atoms with Gasteiger partial charge in [-0.25, -0.2) is 0 Å². The van der Waals surface area contributed by atoms with Gasteiger partial charge in [0.2, 0.25) is 5.91 Å². The topological polar surface area (TPSA) is 46.9 Å². The van der Waals surface area contributed by atoms with E-state index in [1.165, 1.54) is 25.7 Å². The van der Waals surface area contributed by atoms with E-state index in [-0.39, 0.29) is 5.91 Å². The lowest BCUT2D eigenvalue weighted by Crippen LogP contribution is -2.35. The van der Waals surface area contributed by atoms with Gasteiger partial charge in [0.25, 0.3) is 0 Å². The molecule has 0 saturated heterocycles. The smallest absolute Gasteiger partial charge is 0.224 e. The highest BCUT2D eigenvalue weighted by atomic mass is 16.1. The third-order valence-corrected chi connectivity index (χ3v) is 4.63. The van der Waals surface area contributed by atoms with Crippen LogP contribution in [0.1, 0.15) is 69.3 Å². The van der Waals surface area contributed by atoms with Gasteiger partial charge in [-0.15, -0.1) is 0 Å². The maximum Gasteiger partial charge on any atom is 0.224 e. The van der Waals surface area contributed by atoms with Gasteiger partial charge in [0, 0.05) is 23.8 Å². The van der Waals surface area contributed by atoms with Crippen LogP contribution in [-0.4, -0.2) is 21.7 Å². The number of carbonyl (C=O) groups excluding carboxylic acids is 1. The minimum absolute atomic E-state index is 0.155. The van der Waals surface area contributed by atoms with Crippen LogP contribution in [0.5, 0.6) is 0 Å². The van der Waals surface area contributed by atoms with E-state index < -0.39 is 0 Å². The second-order valence-corrected chi connectivity index (χ2v) is 7.16. The van der Waals surface area contributed by atoms with Gasteiger partial charge in [0.15, 0.2) is 0 Å². The molecule has 1 aliphatic rings. The van der Waals surface area contributed by atoms with Gasteiger partial charge in [-0.05, 0) is 32.6 Å². The second-order valence-electron chi connectivity index (χ2n) is 7.16. The standard InChI is InChI=1S/C18H31N3O/c1-13(2)12-21-15(4)17(14(3)20-21)11-18(22)19-16-9-7-5-6-8-10-16/h13,16H,5-12H2,1-4H3,(H,19,22). The summed E-state index contributed by atoms with van der Waals surface area (Å²) in [5, 5.41) is 7.84. The molecule has 0 aliphatic heterocycles. The molecule has 1 aromatic rings. The largest absolute Gasteiger partial charge is 0.353 e. The summed E-state index contributed by atoms with van der Waals surface area (Å²) in [6.07, 6.45) is 7.85. The Bertz CT molecular complexity index is 497. The van der Waals surface area contributed by atoms with Gasteiger partial charge < -0.3 is 5.32 Å². The SMILES string of the molecule is Cc1nn(CC(C)C)c(C)c1CC(=O)NC1CCCCCC1. The van der Waals surface area contributed by atoms with Gasteiger partial charge in [-0.2, -0.15) is 5.10 Å². The number of carbonyl (C=O) groups is 1. The van der Waals surface area contributed by atoms with Crippen LogP contribution in [0.25, 0.3) is 0 Å². The Kier molecular flexibility index (Phi) is 6.04. The zero-order valence-electron chi connectivity index (χ0n) is 14.6. The highest BCUT2D eigenvalue weighted by molar-refractivity contribution is 5.79. The lowest BCUT2D eigenvalue weighted by Gasteiger charge is -2.16. The molecule has 0 bridgehead atoms. The molecule has 4 heteroatoms. The van der Waals surface area contributed by atoms with Crippen molar-refractivity contribution in [3.8, 4) is 0 Å². The summed E-state index contributed by atoms with van der Waals surface area (Å²) in [6, 6.07) is 0.376. The molecule has 0 unspecified atom stereocenters. The maximum atomic E-state index is 12.4. The summed E-state index contributed by atoms with van der Waals surface area (Å²) in [4.78, 5) is 12.4. The summed E-state index contributed by atoms with van der Waals surface area (Å²) in [7, 11) is 0. The number of rotatable bonds is 5. The predicted molar refractivity (Wildman–Crippen MR) is 89.9 cm³/mol. The molecule has 1 heterocycles. The lowest BCUT2D eigenvalue weighted by atomic mass is 10.1. The van der Waals surface area contributed by atoms with E-state index in [0.717, 1.165) is 36.3 Å². The van der Waals surface area contributed by atoms with Crippen LogP contribution < -0.4 is 5.32 Å². The first-order valence-corrected chi connectivity index (χ1v) is 8.79. The van der Waals surface area contributed by atoms with Gasteiger partial charge in [0.05, 0.1) is 12.1 Å². The van der Waals surface area contributed by atoms with E-state index in [0.29, 0.717) is 18.4 Å². The molecule has 0 aromatic carbocycles. The van der Waals surface area contributed by atoms with E-state index in [4.69, 9.17) is 0 Å². The fraction of sp³-hybridized carbons (Fsp3) is 0.778. The van der Waals surface area contributed by atoms with Crippen LogP contribution in [0.4, 0.5) is 0 Å². The van der Waals surface area contributed by atoms with E-state index in [1.807, 2.05) is 11.6 Å². The van der Waals surface area contributed by atoms with Crippen LogP contribution in [0.15, 0.2) is 0 Å². The Hall–Kier alpha value is -1.32. The van der Waals surface area contributed by atoms with Crippen molar-refractivity contribution in [3.05, 3.63) is 17.0 Å². The van der Waals surface area contributed by atoms with E-state index in [1.54, 1.807) is 0 Å². The molecule has 0 atom stereocenters. The molecule has 2 rings (SSSR count). The van der Waals surface area contributed by atoms with Crippen LogP contribution in [-0.2, 0) is 17.8 Å². The first-order valence-electron chi connectivity index (χ1n) is 8.79. The van der Waals surface area contributed by atoms with Crippen LogP contribution in [0, 0.1) is 19.8 Å². The van der Waals surface area contributed by atoms with Crippen molar-refractivity contribution in [3.63, 3.8) is 0 Å². The maximum absolute atomic E-state index is 12.4. The summed E-state index contributed by atoms with van der Waals surface area (Å²) in [5.74, 6) is 0.716. The van der Waals surface area contributed by atoms with Gasteiger partial charge >= 0.3 is 0 Å². The van der Waals surface area contributed by atoms with Crippen molar-refractivity contribution in [1.82, 2.24) is 15.1 Å². The van der Waals surface area contributed by atoms with Crippen molar-refractivity contribution in [1.29, 1.82) is 0 Å². The quantitative estimate of drug-likeness (QED) is 0.846. The van der Waals surface area contributed by atoms with Crippen LogP contribution >= 0.6 is 0 Å². The molecular formula is C18H31N3O. The third kappa shape index (κ3) is 4.59. The van der Waals surface area contributed by atoms with E-state index in [9.17, 15) is 4.79 Å². The highest BCUT2D eigenvalue weighted by Crippen LogP contribution is 2.18. The van der Waals surface area contributed by atoms with Crippen molar-refractivity contribution < 1.29 is 4.79 Å². The average Bonchev–Trinajstić information content (AvgIpc) is 2.64. The number of hydrogen-bond acceptors (Lipinski definition) is 2. The number of aryl methyl sites for hydroxylation is 1. The second kappa shape index (κ2) is 7.80. The lowest BCUT2D eigenvalue weighted by molar-refractivity contribution is -0.121. The van der Waals surface area contributed by atoms with Crippen LogP contribution in [0.2, 0.25) is 0 Å². The molecule has 1 amide bonds. The summed E-state index contributed by atoms with van der Waals surface area (Å²) < 4.78 is 2.05. The summed E-state index contributed by atoms with van der Waals surface area (Å²) in [6.45, 7) is 9.38. The number of aromatic nitrogens is 2. The fourth-order valence-electron chi connectivity index (χ4n) is 3.38. The van der Waals surface area contributed by atoms with E-state index in [2.05, 4.69) is 31.2 Å². The number of nitrogens with zero attached hydrogens (tertiary/aromatic N) is 2. The predicted octanol–water partition coefficient (Wildman–Crippen LogP) is 3.54. The number of amides is 1. The van der Waals surface area contributed by atoms with Gasteiger partial charge in [0.1, 0.15) is 0 Å². The average molecular weight is 305 g/mol. The summed E-state index contributed by atoms with van der Waals surface area (Å²) >= 11 is 0. The molecular weight excluding hydrogens is 274 g/mol. The molecule has 1 aromatic heterocycles. The minimum atomic E-state index is 0.155. The molecule has 1 saturated carbocycles. The van der Waals surface area contributed by atoms with E-state index >= 15 is 0 Å². The molecule has 0 spiro atoms. The molecule has 4 nitrogen and oxygen atoms in total.